The van der Waals surface area contributed by atoms with E-state index in [0.717, 1.165) is 5.56 Å². The molecule has 1 N–H and O–H groups in total. The van der Waals surface area contributed by atoms with Crippen molar-refractivity contribution < 1.29 is 17.6 Å². The number of rotatable bonds is 7. The van der Waals surface area contributed by atoms with Crippen LogP contribution >= 0.6 is 0 Å². The first-order valence-electron chi connectivity index (χ1n) is 8.27. The first-order chi connectivity index (χ1) is 13.0. The lowest BCUT2D eigenvalue weighted by Gasteiger charge is -2.04. The third-order valence-corrected chi connectivity index (χ3v) is 5.60. The topological polar surface area (TPSA) is 81.4 Å². The number of anilines is 1. The highest BCUT2D eigenvalue weighted by Gasteiger charge is 2.28. The van der Waals surface area contributed by atoms with Crippen LogP contribution in [0.5, 0.6) is 5.75 Å². The van der Waals surface area contributed by atoms with E-state index in [-0.39, 0.29) is 21.7 Å². The Bertz CT molecular complexity index is 1040. The predicted molar refractivity (Wildman–Crippen MR) is 104 cm³/mol. The summed E-state index contributed by atoms with van der Waals surface area (Å²) >= 11 is 0. The number of hydrogen-bond acceptors (Lipinski definition) is 6. The number of ether oxygens (including phenoxy) is 1. The molecule has 0 fully saturated rings. The van der Waals surface area contributed by atoms with E-state index in [1.54, 1.807) is 61.7 Å². The summed E-state index contributed by atoms with van der Waals surface area (Å²) in [5.74, 6) is 0.971. The van der Waals surface area contributed by atoms with E-state index in [4.69, 9.17) is 9.15 Å². The van der Waals surface area contributed by atoms with Crippen molar-refractivity contribution in [1.82, 2.24) is 4.98 Å². The van der Waals surface area contributed by atoms with E-state index in [0.29, 0.717) is 17.9 Å². The minimum absolute atomic E-state index is 0.0845. The first kappa shape index (κ1) is 18.7. The quantitative estimate of drug-likeness (QED) is 0.618. The molecule has 0 bridgehead atoms. The molecule has 0 aliphatic carbocycles. The normalized spacial score (nSPS) is 11.2. The maximum absolute atomic E-state index is 13.1. The average molecular weight is 384 g/mol. The zero-order valence-electron chi connectivity index (χ0n) is 15.1. The summed E-state index contributed by atoms with van der Waals surface area (Å²) in [6.07, 6.45) is 1.61. The van der Waals surface area contributed by atoms with E-state index in [9.17, 15) is 8.42 Å². The van der Waals surface area contributed by atoms with E-state index >= 15 is 0 Å². The molecule has 0 atom stereocenters. The van der Waals surface area contributed by atoms with Gasteiger partial charge in [-0.05, 0) is 43.3 Å². The van der Waals surface area contributed by atoms with E-state index in [2.05, 4.69) is 16.9 Å². The minimum atomic E-state index is -3.84. The van der Waals surface area contributed by atoms with Crippen LogP contribution in [0.15, 0.2) is 75.5 Å². The Morgan fingerprint density at radius 2 is 1.81 bits per heavy atom. The van der Waals surface area contributed by atoms with E-state index in [1.807, 2.05) is 6.92 Å². The first-order valence-corrected chi connectivity index (χ1v) is 9.76. The second kappa shape index (κ2) is 7.67. The molecule has 6 nitrogen and oxygen atoms in total. The van der Waals surface area contributed by atoms with Crippen LogP contribution in [0.3, 0.4) is 0 Å². The second-order valence-electron chi connectivity index (χ2n) is 5.87. The standard InChI is InChI=1S/C20H20N2O4S/c1-4-13-21-19-20(27(23,24)17-11-5-14(2)6-12-17)22-18(26-19)15-7-9-16(25-3)10-8-15/h4-12,21H,1,13H2,2-3H3. The number of aryl methyl sites for hydroxylation is 1. The van der Waals surface area contributed by atoms with Crippen LogP contribution in [-0.2, 0) is 9.84 Å². The molecule has 0 aliphatic rings. The summed E-state index contributed by atoms with van der Waals surface area (Å²) in [6, 6.07) is 13.6. The van der Waals surface area contributed by atoms with Crippen LogP contribution in [-0.4, -0.2) is 27.1 Å². The highest BCUT2D eigenvalue weighted by atomic mass is 32.2. The fourth-order valence-corrected chi connectivity index (χ4v) is 3.73. The lowest BCUT2D eigenvalue weighted by atomic mass is 10.2. The second-order valence-corrected chi connectivity index (χ2v) is 7.73. The Labute approximate surface area is 158 Å². The summed E-state index contributed by atoms with van der Waals surface area (Å²) in [4.78, 5) is 4.42. The minimum Gasteiger partial charge on any atom is -0.497 e. The van der Waals surface area contributed by atoms with Crippen LogP contribution in [0.25, 0.3) is 11.5 Å². The fraction of sp³-hybridized carbons (Fsp3) is 0.150. The van der Waals surface area contributed by atoms with Crippen molar-refractivity contribution in [2.45, 2.75) is 16.8 Å². The zero-order valence-corrected chi connectivity index (χ0v) is 15.9. The fourth-order valence-electron chi connectivity index (χ4n) is 2.45. The van der Waals surface area contributed by atoms with Crippen LogP contribution in [0, 0.1) is 6.92 Å². The van der Waals surface area contributed by atoms with Gasteiger partial charge in [-0.15, -0.1) is 6.58 Å². The van der Waals surface area contributed by atoms with Gasteiger partial charge in [0.25, 0.3) is 0 Å². The summed E-state index contributed by atoms with van der Waals surface area (Å²) in [6.45, 7) is 5.87. The number of aromatic nitrogens is 1. The predicted octanol–water partition coefficient (Wildman–Crippen LogP) is 4.09. The van der Waals surface area contributed by atoms with Gasteiger partial charge in [0, 0.05) is 12.1 Å². The highest BCUT2D eigenvalue weighted by molar-refractivity contribution is 7.91. The van der Waals surface area contributed by atoms with Crippen molar-refractivity contribution in [1.29, 1.82) is 0 Å². The monoisotopic (exact) mass is 384 g/mol. The van der Waals surface area contributed by atoms with E-state index in [1.165, 1.54) is 0 Å². The molecular formula is C20H20N2O4S. The Hall–Kier alpha value is -3.06. The molecule has 0 unspecified atom stereocenters. The van der Waals surface area contributed by atoms with Crippen molar-refractivity contribution in [2.24, 2.45) is 0 Å². The zero-order chi connectivity index (χ0) is 19.4. The van der Waals surface area contributed by atoms with Crippen LogP contribution < -0.4 is 10.1 Å². The van der Waals surface area contributed by atoms with Crippen LogP contribution in [0.1, 0.15) is 5.56 Å². The molecule has 0 aliphatic heterocycles. The van der Waals surface area contributed by atoms with Gasteiger partial charge in [0.1, 0.15) is 5.75 Å². The Balaban J connectivity index is 2.08. The van der Waals surface area contributed by atoms with E-state index < -0.39 is 9.84 Å². The number of benzene rings is 2. The molecule has 0 radical (unpaired) electrons. The summed E-state index contributed by atoms with van der Waals surface area (Å²) in [7, 11) is -2.27. The molecule has 3 aromatic rings. The number of hydrogen-bond donors (Lipinski definition) is 1. The Morgan fingerprint density at radius 1 is 1.15 bits per heavy atom. The van der Waals surface area contributed by atoms with Gasteiger partial charge in [-0.2, -0.15) is 4.98 Å². The largest absolute Gasteiger partial charge is 0.497 e. The lowest BCUT2D eigenvalue weighted by molar-refractivity contribution is 0.415. The maximum Gasteiger partial charge on any atom is 0.234 e. The molecule has 1 heterocycles. The smallest absolute Gasteiger partial charge is 0.234 e. The molecule has 0 amide bonds. The number of methoxy groups -OCH3 is 1. The van der Waals surface area contributed by atoms with Gasteiger partial charge in [0.05, 0.1) is 12.0 Å². The molecule has 2 aromatic carbocycles. The number of sulfone groups is 1. The number of oxazole rings is 1. The SMILES string of the molecule is C=CCNc1oc(-c2ccc(OC)cc2)nc1S(=O)(=O)c1ccc(C)cc1. The van der Waals surface area contributed by atoms with Crippen molar-refractivity contribution in [3.05, 3.63) is 66.7 Å². The van der Waals surface area contributed by atoms with Crippen molar-refractivity contribution in [3.63, 3.8) is 0 Å². The maximum atomic E-state index is 13.1. The summed E-state index contributed by atoms with van der Waals surface area (Å²) < 4.78 is 37.0. The molecule has 140 valence electrons. The summed E-state index contributed by atoms with van der Waals surface area (Å²) in [5.41, 5.74) is 1.61. The molecule has 27 heavy (non-hydrogen) atoms. The number of nitrogens with one attached hydrogen (secondary N) is 1. The molecule has 3 rings (SSSR count). The van der Waals surface area contributed by atoms with Gasteiger partial charge in [0.15, 0.2) is 0 Å². The molecule has 7 heteroatoms. The van der Waals surface area contributed by atoms with Crippen LogP contribution in [0.4, 0.5) is 5.88 Å². The average Bonchev–Trinajstić information content (AvgIpc) is 3.12. The highest BCUT2D eigenvalue weighted by Crippen LogP contribution is 2.32. The van der Waals surface area contributed by atoms with Gasteiger partial charge in [-0.25, -0.2) is 8.42 Å². The Morgan fingerprint density at radius 3 is 2.41 bits per heavy atom. The molecule has 0 saturated carbocycles. The molecule has 0 saturated heterocycles. The van der Waals surface area contributed by atoms with Gasteiger partial charge in [-0.1, -0.05) is 23.8 Å². The van der Waals surface area contributed by atoms with Gasteiger partial charge >= 0.3 is 0 Å². The third-order valence-electron chi connectivity index (χ3n) is 3.93. The number of nitrogens with zero attached hydrogens (tertiary/aromatic N) is 1. The van der Waals surface area contributed by atoms with Crippen LogP contribution in [0.2, 0.25) is 0 Å². The lowest BCUT2D eigenvalue weighted by Crippen LogP contribution is -2.07. The molecule has 0 spiro atoms. The summed E-state index contributed by atoms with van der Waals surface area (Å²) in [5, 5.41) is 2.76. The van der Waals surface area contributed by atoms with Gasteiger partial charge < -0.3 is 14.5 Å². The Kier molecular flexibility index (Phi) is 5.32. The third kappa shape index (κ3) is 3.88. The van der Waals surface area contributed by atoms with Crippen molar-refractivity contribution >= 4 is 15.7 Å². The molecular weight excluding hydrogens is 364 g/mol. The van der Waals surface area contributed by atoms with Crippen molar-refractivity contribution in [2.75, 3.05) is 19.0 Å². The van der Waals surface area contributed by atoms with Gasteiger partial charge in [0.2, 0.25) is 26.6 Å². The molecule has 1 aromatic heterocycles. The van der Waals surface area contributed by atoms with Crippen molar-refractivity contribution in [3.8, 4) is 17.2 Å². The van der Waals surface area contributed by atoms with Gasteiger partial charge in [-0.3, -0.25) is 0 Å².